The van der Waals surface area contributed by atoms with Crippen LogP contribution in [0.25, 0.3) is 21.5 Å². The summed E-state index contributed by atoms with van der Waals surface area (Å²) in [6, 6.07) is 16.8. The van der Waals surface area contributed by atoms with Crippen LogP contribution in [0.1, 0.15) is 11.1 Å². The highest BCUT2D eigenvalue weighted by Gasteiger charge is 2.08. The van der Waals surface area contributed by atoms with Crippen molar-refractivity contribution < 1.29 is 10.2 Å². The van der Waals surface area contributed by atoms with Crippen LogP contribution in [-0.2, 0) is 12.8 Å². The lowest BCUT2D eigenvalue weighted by Gasteiger charge is -2.12. The first-order valence-electron chi connectivity index (χ1n) is 6.98. The number of aliphatic hydroxyl groups is 2. The van der Waals surface area contributed by atoms with Gasteiger partial charge in [0.15, 0.2) is 0 Å². The van der Waals surface area contributed by atoms with Gasteiger partial charge >= 0.3 is 0 Å². The van der Waals surface area contributed by atoms with E-state index in [-0.39, 0.29) is 13.2 Å². The Balaban J connectivity index is 2.33. The van der Waals surface area contributed by atoms with Crippen molar-refractivity contribution >= 4 is 21.5 Å². The fraction of sp³-hybridized carbons (Fsp3) is 0.222. The Kier molecular flexibility index (Phi) is 3.68. The van der Waals surface area contributed by atoms with Crippen molar-refractivity contribution in [1.29, 1.82) is 0 Å². The van der Waals surface area contributed by atoms with Crippen molar-refractivity contribution in [2.75, 3.05) is 13.2 Å². The molecule has 0 aliphatic heterocycles. The monoisotopic (exact) mass is 266 g/mol. The molecule has 0 unspecified atom stereocenters. The molecule has 0 amide bonds. The highest BCUT2D eigenvalue weighted by molar-refractivity contribution is 6.02. The molecular formula is C18H18O2. The molecule has 2 N–H and O–H groups in total. The minimum absolute atomic E-state index is 0.146. The lowest BCUT2D eigenvalue weighted by molar-refractivity contribution is 0.299. The van der Waals surface area contributed by atoms with Crippen molar-refractivity contribution in [3.63, 3.8) is 0 Å². The zero-order valence-electron chi connectivity index (χ0n) is 11.3. The molecule has 0 heterocycles. The zero-order chi connectivity index (χ0) is 13.9. The molecule has 3 rings (SSSR count). The maximum absolute atomic E-state index is 9.37. The normalized spacial score (nSPS) is 11.3. The van der Waals surface area contributed by atoms with Gasteiger partial charge in [-0.2, -0.15) is 0 Å². The summed E-state index contributed by atoms with van der Waals surface area (Å²) in [5.41, 5.74) is 2.33. The molecule has 2 nitrogen and oxygen atoms in total. The van der Waals surface area contributed by atoms with E-state index < -0.39 is 0 Å². The van der Waals surface area contributed by atoms with E-state index in [1.807, 2.05) is 12.1 Å². The van der Waals surface area contributed by atoms with Gasteiger partial charge in [0.2, 0.25) is 0 Å². The second kappa shape index (κ2) is 5.61. The second-order valence-corrected chi connectivity index (χ2v) is 5.08. The van der Waals surface area contributed by atoms with E-state index in [4.69, 9.17) is 5.11 Å². The third-order valence-electron chi connectivity index (χ3n) is 3.80. The molecule has 0 aliphatic rings. The van der Waals surface area contributed by atoms with E-state index in [1.165, 1.54) is 27.1 Å². The molecule has 3 aromatic carbocycles. The predicted octanol–water partition coefficient (Wildman–Crippen LogP) is 3.06. The van der Waals surface area contributed by atoms with Crippen LogP contribution in [0.2, 0.25) is 0 Å². The number of fused-ring (bicyclic) bond motifs is 2. The fourth-order valence-electron chi connectivity index (χ4n) is 2.87. The molecule has 102 valence electrons. The smallest absolute Gasteiger partial charge is 0.0471 e. The third-order valence-corrected chi connectivity index (χ3v) is 3.80. The first kappa shape index (κ1) is 13.1. The van der Waals surface area contributed by atoms with Gasteiger partial charge in [-0.25, -0.2) is 0 Å². The lowest BCUT2D eigenvalue weighted by atomic mass is 9.93. The van der Waals surface area contributed by atoms with Gasteiger partial charge in [0.25, 0.3) is 0 Å². The quantitative estimate of drug-likeness (QED) is 0.712. The molecule has 0 fully saturated rings. The van der Waals surface area contributed by atoms with Crippen LogP contribution in [0.15, 0.2) is 48.5 Å². The van der Waals surface area contributed by atoms with Crippen LogP contribution in [-0.4, -0.2) is 23.4 Å². The summed E-state index contributed by atoms with van der Waals surface area (Å²) in [5, 5.41) is 23.3. The van der Waals surface area contributed by atoms with Crippen molar-refractivity contribution in [3.05, 3.63) is 59.7 Å². The Morgan fingerprint density at radius 2 is 1.45 bits per heavy atom. The summed E-state index contributed by atoms with van der Waals surface area (Å²) in [4.78, 5) is 0. The van der Waals surface area contributed by atoms with E-state index in [1.54, 1.807) is 0 Å². The minimum Gasteiger partial charge on any atom is -0.396 e. The number of aliphatic hydroxyl groups excluding tert-OH is 2. The topological polar surface area (TPSA) is 40.5 Å². The maximum Gasteiger partial charge on any atom is 0.0471 e. The predicted molar refractivity (Wildman–Crippen MR) is 83.0 cm³/mol. The van der Waals surface area contributed by atoms with Crippen LogP contribution >= 0.6 is 0 Å². The van der Waals surface area contributed by atoms with Gasteiger partial charge in [-0.15, -0.1) is 0 Å². The SMILES string of the molecule is OCCc1ccc2cc3ccccc3c(CCO)c2c1. The molecule has 0 saturated heterocycles. The molecule has 0 saturated carbocycles. The van der Waals surface area contributed by atoms with E-state index in [0.29, 0.717) is 12.8 Å². The Morgan fingerprint density at radius 1 is 0.700 bits per heavy atom. The summed E-state index contributed by atoms with van der Waals surface area (Å²) < 4.78 is 0. The Morgan fingerprint density at radius 3 is 2.25 bits per heavy atom. The van der Waals surface area contributed by atoms with Gasteiger partial charge in [-0.1, -0.05) is 42.5 Å². The van der Waals surface area contributed by atoms with Crippen LogP contribution < -0.4 is 0 Å². The van der Waals surface area contributed by atoms with Gasteiger partial charge in [0, 0.05) is 13.2 Å². The Bertz CT molecular complexity index is 747. The number of hydrogen-bond donors (Lipinski definition) is 2. The molecule has 0 aliphatic carbocycles. The molecule has 3 aromatic rings. The van der Waals surface area contributed by atoms with Crippen molar-refractivity contribution in [1.82, 2.24) is 0 Å². The molecule has 0 bridgehead atoms. The summed E-state index contributed by atoms with van der Waals surface area (Å²) in [6.45, 7) is 0.307. The first-order chi connectivity index (χ1) is 9.83. The van der Waals surface area contributed by atoms with Crippen LogP contribution in [0.5, 0.6) is 0 Å². The van der Waals surface area contributed by atoms with Gasteiger partial charge < -0.3 is 10.2 Å². The van der Waals surface area contributed by atoms with Crippen LogP contribution in [0.4, 0.5) is 0 Å². The maximum atomic E-state index is 9.37. The molecule has 0 atom stereocenters. The van der Waals surface area contributed by atoms with Gasteiger partial charge in [-0.3, -0.25) is 0 Å². The number of rotatable bonds is 4. The Labute approximate surface area is 118 Å². The summed E-state index contributed by atoms with van der Waals surface area (Å²) >= 11 is 0. The molecule has 2 heteroatoms. The second-order valence-electron chi connectivity index (χ2n) is 5.08. The van der Waals surface area contributed by atoms with E-state index in [0.717, 1.165) is 5.56 Å². The van der Waals surface area contributed by atoms with Crippen molar-refractivity contribution in [3.8, 4) is 0 Å². The standard InChI is InChI=1S/C18H18O2/c19-9-7-13-5-6-15-12-14-3-1-2-4-16(14)17(8-10-20)18(15)11-13/h1-6,11-12,19-20H,7-10H2. The fourth-order valence-corrected chi connectivity index (χ4v) is 2.87. The molecule has 0 radical (unpaired) electrons. The summed E-state index contributed by atoms with van der Waals surface area (Å²) in [5.74, 6) is 0. The van der Waals surface area contributed by atoms with Crippen LogP contribution in [0.3, 0.4) is 0 Å². The van der Waals surface area contributed by atoms with Gasteiger partial charge in [0.1, 0.15) is 0 Å². The summed E-state index contributed by atoms with van der Waals surface area (Å²) in [7, 11) is 0. The zero-order valence-corrected chi connectivity index (χ0v) is 11.3. The number of benzene rings is 3. The van der Waals surface area contributed by atoms with Gasteiger partial charge in [-0.05, 0) is 51.6 Å². The average molecular weight is 266 g/mol. The van der Waals surface area contributed by atoms with Crippen molar-refractivity contribution in [2.45, 2.75) is 12.8 Å². The minimum atomic E-state index is 0.146. The third kappa shape index (κ3) is 2.28. The highest BCUT2D eigenvalue weighted by atomic mass is 16.3. The van der Waals surface area contributed by atoms with E-state index in [9.17, 15) is 5.11 Å². The van der Waals surface area contributed by atoms with Crippen molar-refractivity contribution in [2.24, 2.45) is 0 Å². The molecule has 0 spiro atoms. The molecule has 0 aromatic heterocycles. The average Bonchev–Trinajstić information content (AvgIpc) is 2.48. The Hall–Kier alpha value is -1.90. The van der Waals surface area contributed by atoms with Gasteiger partial charge in [0.05, 0.1) is 0 Å². The van der Waals surface area contributed by atoms with Crippen LogP contribution in [0, 0.1) is 0 Å². The largest absolute Gasteiger partial charge is 0.396 e. The highest BCUT2D eigenvalue weighted by Crippen LogP contribution is 2.29. The molecular weight excluding hydrogens is 248 g/mol. The number of hydrogen-bond acceptors (Lipinski definition) is 2. The lowest BCUT2D eigenvalue weighted by Crippen LogP contribution is -1.96. The molecule has 20 heavy (non-hydrogen) atoms. The summed E-state index contributed by atoms with van der Waals surface area (Å²) in [6.07, 6.45) is 1.32. The van der Waals surface area contributed by atoms with E-state index in [2.05, 4.69) is 36.4 Å². The first-order valence-corrected chi connectivity index (χ1v) is 6.98. The van der Waals surface area contributed by atoms with E-state index >= 15 is 0 Å².